The zero-order valence-corrected chi connectivity index (χ0v) is 20.5. The number of hydrogen-bond donors (Lipinski definition) is 2. The Hall–Kier alpha value is -3.60. The number of ether oxygens (including phenoxy) is 2. The molecule has 0 saturated carbocycles. The van der Waals surface area contributed by atoms with Crippen molar-refractivity contribution in [2.24, 2.45) is 0 Å². The first-order chi connectivity index (χ1) is 17.6. The van der Waals surface area contributed by atoms with Gasteiger partial charge in [0.05, 0.1) is 23.8 Å². The number of anilines is 1. The summed E-state index contributed by atoms with van der Waals surface area (Å²) in [5.41, 5.74) is 3.21. The first-order valence-electron chi connectivity index (χ1n) is 12.2. The van der Waals surface area contributed by atoms with Crippen molar-refractivity contribution in [2.45, 2.75) is 25.0 Å². The van der Waals surface area contributed by atoms with Crippen molar-refractivity contribution in [3.63, 3.8) is 0 Å². The molecular formula is C26H31N7O3. The van der Waals surface area contributed by atoms with Crippen LogP contribution < -0.4 is 15.0 Å². The summed E-state index contributed by atoms with van der Waals surface area (Å²) in [5.74, 6) is 2.07. The highest BCUT2D eigenvalue weighted by Crippen LogP contribution is 2.29. The summed E-state index contributed by atoms with van der Waals surface area (Å²) < 4.78 is 13.4. The summed E-state index contributed by atoms with van der Waals surface area (Å²) in [4.78, 5) is 20.8. The van der Waals surface area contributed by atoms with E-state index in [1.54, 1.807) is 19.4 Å². The maximum atomic E-state index is 10.0. The zero-order valence-electron chi connectivity index (χ0n) is 20.5. The molecule has 1 aliphatic heterocycles. The van der Waals surface area contributed by atoms with E-state index in [-0.39, 0.29) is 6.61 Å². The van der Waals surface area contributed by atoms with Crippen LogP contribution in [0, 0.1) is 0 Å². The average Bonchev–Trinajstić information content (AvgIpc) is 3.36. The number of hydrogen-bond acceptors (Lipinski definition) is 9. The minimum absolute atomic E-state index is 0.193. The van der Waals surface area contributed by atoms with E-state index in [0.717, 1.165) is 54.5 Å². The van der Waals surface area contributed by atoms with Crippen LogP contribution in [0.4, 0.5) is 5.82 Å². The van der Waals surface area contributed by atoms with Crippen molar-refractivity contribution in [1.29, 1.82) is 0 Å². The summed E-state index contributed by atoms with van der Waals surface area (Å²) in [6, 6.07) is 9.99. The largest absolute Gasteiger partial charge is 0.491 e. The summed E-state index contributed by atoms with van der Waals surface area (Å²) in [6.45, 7) is 2.15. The summed E-state index contributed by atoms with van der Waals surface area (Å²) >= 11 is 0. The lowest BCUT2D eigenvalue weighted by Crippen LogP contribution is -2.37. The van der Waals surface area contributed by atoms with E-state index in [0.29, 0.717) is 24.2 Å². The number of nitrogens with one attached hydrogen (secondary N) is 1. The molecule has 0 aliphatic carbocycles. The molecule has 4 aromatic rings. The highest BCUT2D eigenvalue weighted by atomic mass is 16.5. The molecule has 1 unspecified atom stereocenters. The van der Waals surface area contributed by atoms with Crippen LogP contribution in [0.15, 0.2) is 55.1 Å². The molecule has 3 aromatic heterocycles. The molecule has 10 nitrogen and oxygen atoms in total. The topological polar surface area (TPSA) is 110 Å². The fraction of sp³-hybridized carbons (Fsp3) is 0.385. The highest BCUT2D eigenvalue weighted by molar-refractivity contribution is 5.68. The molecule has 36 heavy (non-hydrogen) atoms. The van der Waals surface area contributed by atoms with Gasteiger partial charge in [-0.1, -0.05) is 12.1 Å². The van der Waals surface area contributed by atoms with Gasteiger partial charge in [0.15, 0.2) is 11.5 Å². The van der Waals surface area contributed by atoms with Gasteiger partial charge >= 0.3 is 0 Å². The fourth-order valence-electron chi connectivity index (χ4n) is 4.38. The van der Waals surface area contributed by atoms with Crippen molar-refractivity contribution >= 4 is 11.5 Å². The Kier molecular flexibility index (Phi) is 7.36. The van der Waals surface area contributed by atoms with Crippen LogP contribution in [0.2, 0.25) is 0 Å². The normalized spacial score (nSPS) is 15.2. The van der Waals surface area contributed by atoms with Crippen LogP contribution in [-0.4, -0.2) is 82.0 Å². The van der Waals surface area contributed by atoms with Crippen LogP contribution in [0.5, 0.6) is 5.75 Å². The summed E-state index contributed by atoms with van der Waals surface area (Å²) in [7, 11) is 3.87. The van der Waals surface area contributed by atoms with E-state index in [1.165, 1.54) is 0 Å². The van der Waals surface area contributed by atoms with Gasteiger partial charge in [-0.25, -0.2) is 15.0 Å². The average molecular weight is 490 g/mol. The molecule has 2 N–H and O–H groups in total. The predicted molar refractivity (Wildman–Crippen MR) is 137 cm³/mol. The molecule has 1 atom stereocenters. The SMILES string of the molecule is CNCC(O)COc1cccc(-c2nc(-c3cnc4cnccn34)cc(N(C)C3CCOCC3)n2)c1. The van der Waals surface area contributed by atoms with Crippen LogP contribution in [0.25, 0.3) is 28.4 Å². The van der Waals surface area contributed by atoms with Crippen molar-refractivity contribution in [1.82, 2.24) is 29.7 Å². The number of aliphatic hydroxyl groups excluding tert-OH is 1. The minimum Gasteiger partial charge on any atom is -0.491 e. The number of rotatable bonds is 9. The molecule has 0 amide bonds. The van der Waals surface area contributed by atoms with Crippen LogP contribution in [-0.2, 0) is 4.74 Å². The molecule has 1 aromatic carbocycles. The molecule has 1 aliphatic rings. The number of aliphatic hydroxyl groups is 1. The van der Waals surface area contributed by atoms with Crippen molar-refractivity contribution in [2.75, 3.05) is 45.4 Å². The van der Waals surface area contributed by atoms with E-state index >= 15 is 0 Å². The van der Waals surface area contributed by atoms with Crippen molar-refractivity contribution in [3.8, 4) is 28.5 Å². The van der Waals surface area contributed by atoms with Gasteiger partial charge in [0.2, 0.25) is 0 Å². The Balaban J connectivity index is 1.53. The van der Waals surface area contributed by atoms with Gasteiger partial charge in [0, 0.05) is 56.9 Å². The molecule has 188 valence electrons. The second-order valence-electron chi connectivity index (χ2n) is 8.89. The maximum absolute atomic E-state index is 10.0. The van der Waals surface area contributed by atoms with Gasteiger partial charge in [-0.3, -0.25) is 9.38 Å². The Labute approximate surface area is 210 Å². The minimum atomic E-state index is -0.595. The summed E-state index contributed by atoms with van der Waals surface area (Å²) in [6.07, 6.45) is 8.46. The van der Waals surface area contributed by atoms with Crippen molar-refractivity contribution < 1.29 is 14.6 Å². The highest BCUT2D eigenvalue weighted by Gasteiger charge is 2.22. The third-order valence-electron chi connectivity index (χ3n) is 6.37. The molecule has 0 bridgehead atoms. The van der Waals surface area contributed by atoms with Gasteiger partial charge in [0.25, 0.3) is 0 Å². The van der Waals surface area contributed by atoms with E-state index in [4.69, 9.17) is 19.4 Å². The third kappa shape index (κ3) is 5.30. The Morgan fingerprint density at radius 3 is 2.92 bits per heavy atom. The smallest absolute Gasteiger partial charge is 0.162 e. The lowest BCUT2D eigenvalue weighted by atomic mass is 10.1. The standard InChI is InChI=1S/C26H31N7O3/c1-27-14-20(34)17-36-21-5-3-4-18(12-21)26-30-22(23-15-29-25-16-28-8-9-33(23)25)13-24(31-26)32(2)19-6-10-35-11-7-19/h3-5,8-9,12-13,15-16,19-20,27,34H,6-7,10-11,14,17H2,1-2H3. The molecule has 0 radical (unpaired) electrons. The molecule has 1 fully saturated rings. The summed E-state index contributed by atoms with van der Waals surface area (Å²) in [5, 5.41) is 13.0. The van der Waals surface area contributed by atoms with E-state index < -0.39 is 6.10 Å². The van der Waals surface area contributed by atoms with Gasteiger partial charge in [-0.2, -0.15) is 0 Å². The fourth-order valence-corrected chi connectivity index (χ4v) is 4.38. The van der Waals surface area contributed by atoms with E-state index in [1.807, 2.05) is 47.1 Å². The van der Waals surface area contributed by atoms with Crippen molar-refractivity contribution in [3.05, 3.63) is 55.1 Å². The number of likely N-dealkylation sites (N-methyl/N-ethyl adjacent to an activating group) is 1. The van der Waals surface area contributed by atoms with Gasteiger partial charge in [0.1, 0.15) is 24.3 Å². The number of benzene rings is 1. The van der Waals surface area contributed by atoms with Gasteiger partial charge in [-0.05, 0) is 32.0 Å². The number of imidazole rings is 1. The number of aromatic nitrogens is 5. The third-order valence-corrected chi connectivity index (χ3v) is 6.37. The van der Waals surface area contributed by atoms with Gasteiger partial charge < -0.3 is 24.8 Å². The predicted octanol–water partition coefficient (Wildman–Crippen LogP) is 2.43. The van der Waals surface area contributed by atoms with Crippen LogP contribution in [0.3, 0.4) is 0 Å². The number of nitrogens with zero attached hydrogens (tertiary/aromatic N) is 6. The lowest BCUT2D eigenvalue weighted by molar-refractivity contribution is 0.0853. The Morgan fingerprint density at radius 1 is 1.22 bits per heavy atom. The molecular weight excluding hydrogens is 458 g/mol. The first-order valence-corrected chi connectivity index (χ1v) is 12.2. The molecule has 1 saturated heterocycles. The van der Waals surface area contributed by atoms with Crippen LogP contribution >= 0.6 is 0 Å². The van der Waals surface area contributed by atoms with E-state index in [9.17, 15) is 5.11 Å². The van der Waals surface area contributed by atoms with E-state index in [2.05, 4.69) is 27.2 Å². The first kappa shape index (κ1) is 24.1. The van der Waals surface area contributed by atoms with Gasteiger partial charge in [-0.15, -0.1) is 0 Å². The molecule has 10 heteroatoms. The number of fused-ring (bicyclic) bond motifs is 1. The zero-order chi connectivity index (χ0) is 24.9. The quantitative estimate of drug-likeness (QED) is 0.366. The maximum Gasteiger partial charge on any atom is 0.162 e. The molecule has 0 spiro atoms. The molecule has 4 heterocycles. The second-order valence-corrected chi connectivity index (χ2v) is 8.89. The second kappa shape index (κ2) is 11.0. The Morgan fingerprint density at radius 2 is 2.08 bits per heavy atom. The molecule has 5 rings (SSSR count). The lowest BCUT2D eigenvalue weighted by Gasteiger charge is -2.32. The Bertz CT molecular complexity index is 1310. The monoisotopic (exact) mass is 489 g/mol. The van der Waals surface area contributed by atoms with Crippen LogP contribution in [0.1, 0.15) is 12.8 Å².